The average molecular weight is 543 g/mol. The predicted octanol–water partition coefficient (Wildman–Crippen LogP) is 3.11. The first-order valence-electron chi connectivity index (χ1n) is 11.4. The summed E-state index contributed by atoms with van der Waals surface area (Å²) in [6.45, 7) is 0. The SMILES string of the molecule is COc1cccc(CSCC(NC(=O)CCS(=O)(=O)c2ccc3c4c(cccc24)C(=O)N3C)C(=O)O)c1. The summed E-state index contributed by atoms with van der Waals surface area (Å²) in [5.74, 6) is -1.24. The van der Waals surface area contributed by atoms with Crippen LogP contribution in [0.5, 0.6) is 5.75 Å². The smallest absolute Gasteiger partial charge is 0.327 e. The normalized spacial score (nSPS) is 13.6. The lowest BCUT2D eigenvalue weighted by atomic mass is 10.1. The molecule has 9 nitrogen and oxygen atoms in total. The zero-order valence-corrected chi connectivity index (χ0v) is 21.9. The van der Waals surface area contributed by atoms with Crippen molar-refractivity contribution in [3.05, 3.63) is 65.7 Å². The van der Waals surface area contributed by atoms with Gasteiger partial charge in [-0.25, -0.2) is 13.2 Å². The van der Waals surface area contributed by atoms with Crippen molar-refractivity contribution in [2.75, 3.05) is 30.6 Å². The van der Waals surface area contributed by atoms with Gasteiger partial charge in [-0.3, -0.25) is 9.59 Å². The van der Waals surface area contributed by atoms with Crippen LogP contribution in [0.1, 0.15) is 22.3 Å². The van der Waals surface area contributed by atoms with Crippen molar-refractivity contribution < 1.29 is 32.6 Å². The van der Waals surface area contributed by atoms with Crippen molar-refractivity contribution in [2.24, 2.45) is 0 Å². The lowest BCUT2D eigenvalue weighted by Crippen LogP contribution is -2.43. The van der Waals surface area contributed by atoms with E-state index in [9.17, 15) is 27.9 Å². The number of nitrogens with zero attached hydrogens (tertiary/aromatic N) is 1. The Morgan fingerprint density at radius 3 is 2.62 bits per heavy atom. The van der Waals surface area contributed by atoms with Gasteiger partial charge in [-0.15, -0.1) is 0 Å². The average Bonchev–Trinajstić information content (AvgIpc) is 3.13. The molecule has 0 aliphatic carbocycles. The molecule has 1 aliphatic rings. The molecule has 3 aromatic carbocycles. The molecule has 4 rings (SSSR count). The van der Waals surface area contributed by atoms with E-state index >= 15 is 0 Å². The summed E-state index contributed by atoms with van der Waals surface area (Å²) in [7, 11) is -0.702. The van der Waals surface area contributed by atoms with E-state index in [4.69, 9.17) is 4.74 Å². The van der Waals surface area contributed by atoms with E-state index in [0.717, 1.165) is 5.56 Å². The third-order valence-corrected chi connectivity index (χ3v) is 9.00. The Morgan fingerprint density at radius 1 is 1.14 bits per heavy atom. The quantitative estimate of drug-likeness (QED) is 0.378. The summed E-state index contributed by atoms with van der Waals surface area (Å²) in [6.07, 6.45) is -0.394. The van der Waals surface area contributed by atoms with E-state index in [0.29, 0.717) is 33.5 Å². The number of carbonyl (C=O) groups is 3. The molecule has 0 bridgehead atoms. The molecule has 0 spiro atoms. The highest BCUT2D eigenvalue weighted by Gasteiger charge is 2.30. The Kier molecular flexibility index (Phi) is 7.74. The summed E-state index contributed by atoms with van der Waals surface area (Å²) in [4.78, 5) is 38.1. The van der Waals surface area contributed by atoms with Gasteiger partial charge in [-0.1, -0.05) is 24.3 Å². The molecule has 37 heavy (non-hydrogen) atoms. The number of sulfone groups is 1. The van der Waals surface area contributed by atoms with E-state index in [1.54, 1.807) is 38.4 Å². The zero-order chi connectivity index (χ0) is 26.7. The van der Waals surface area contributed by atoms with Crippen LogP contribution in [0.15, 0.2) is 59.5 Å². The lowest BCUT2D eigenvalue weighted by molar-refractivity contribution is -0.141. The largest absolute Gasteiger partial charge is 0.497 e. The number of hydrogen-bond acceptors (Lipinski definition) is 7. The molecule has 1 atom stereocenters. The third-order valence-electron chi connectivity index (χ3n) is 6.13. The number of hydrogen-bond donors (Lipinski definition) is 2. The summed E-state index contributed by atoms with van der Waals surface area (Å²) in [5.41, 5.74) is 2.01. The van der Waals surface area contributed by atoms with Gasteiger partial charge >= 0.3 is 5.97 Å². The van der Waals surface area contributed by atoms with E-state index < -0.39 is 39.9 Å². The van der Waals surface area contributed by atoms with Crippen LogP contribution in [0, 0.1) is 0 Å². The number of thioether (sulfide) groups is 1. The second kappa shape index (κ2) is 10.8. The fourth-order valence-electron chi connectivity index (χ4n) is 4.22. The molecule has 0 saturated carbocycles. The monoisotopic (exact) mass is 542 g/mol. The first-order valence-corrected chi connectivity index (χ1v) is 14.2. The first kappa shape index (κ1) is 26.5. The molecule has 194 valence electrons. The number of nitrogens with one attached hydrogen (secondary N) is 1. The standard InChI is InChI=1S/C26H26N2O7S2/c1-28-21-9-10-22(18-7-4-8-19(24(18)21)25(28)30)37(33,34)12-11-23(29)27-20(26(31)32)15-36-14-16-5-3-6-17(13-16)35-2/h3-10,13,20H,11-12,14-15H2,1-2H3,(H,27,29)(H,31,32). The number of aliphatic carboxylic acids is 1. The van der Waals surface area contributed by atoms with Crippen LogP contribution < -0.4 is 15.0 Å². The topological polar surface area (TPSA) is 130 Å². The van der Waals surface area contributed by atoms with Gasteiger partial charge in [0.25, 0.3) is 5.91 Å². The van der Waals surface area contributed by atoms with E-state index in [1.807, 2.05) is 24.3 Å². The third kappa shape index (κ3) is 5.57. The van der Waals surface area contributed by atoms with Crippen LogP contribution in [0.2, 0.25) is 0 Å². The van der Waals surface area contributed by atoms with Crippen molar-refractivity contribution >= 4 is 55.8 Å². The second-order valence-corrected chi connectivity index (χ2v) is 11.7. The number of carboxylic acid groups (broad SMARTS) is 1. The van der Waals surface area contributed by atoms with Crippen LogP contribution in [-0.4, -0.2) is 63.0 Å². The second-order valence-electron chi connectivity index (χ2n) is 8.57. The molecule has 2 N–H and O–H groups in total. The number of carbonyl (C=O) groups excluding carboxylic acids is 2. The van der Waals surface area contributed by atoms with Crippen molar-refractivity contribution in [3.8, 4) is 5.75 Å². The number of amides is 2. The molecule has 2 amide bonds. The van der Waals surface area contributed by atoms with Crippen molar-refractivity contribution in [3.63, 3.8) is 0 Å². The maximum atomic E-state index is 13.1. The molecule has 0 fully saturated rings. The maximum Gasteiger partial charge on any atom is 0.327 e. The Labute approximate surface area is 218 Å². The van der Waals surface area contributed by atoms with Crippen LogP contribution in [-0.2, 0) is 25.2 Å². The minimum Gasteiger partial charge on any atom is -0.497 e. The van der Waals surface area contributed by atoms with Crippen LogP contribution in [0.25, 0.3) is 10.8 Å². The minimum absolute atomic E-state index is 0.0348. The van der Waals surface area contributed by atoms with Gasteiger partial charge in [0.05, 0.1) is 23.4 Å². The van der Waals surface area contributed by atoms with Gasteiger partial charge in [-0.05, 0) is 35.9 Å². The Bertz CT molecular complexity index is 1490. The number of carboxylic acids is 1. The Morgan fingerprint density at radius 2 is 1.89 bits per heavy atom. The van der Waals surface area contributed by atoms with Gasteiger partial charge < -0.3 is 20.1 Å². The molecular weight excluding hydrogens is 516 g/mol. The van der Waals surface area contributed by atoms with E-state index in [2.05, 4.69) is 5.32 Å². The number of rotatable bonds is 11. The van der Waals surface area contributed by atoms with Gasteiger partial charge in [0, 0.05) is 41.3 Å². The molecule has 1 aliphatic heterocycles. The summed E-state index contributed by atoms with van der Waals surface area (Å²) in [5, 5.41) is 12.9. The Hall–Kier alpha value is -3.57. The van der Waals surface area contributed by atoms with Gasteiger partial charge in [0.15, 0.2) is 9.84 Å². The van der Waals surface area contributed by atoms with Crippen LogP contribution in [0.3, 0.4) is 0 Å². The summed E-state index contributed by atoms with van der Waals surface area (Å²) < 4.78 is 31.5. The molecule has 0 saturated heterocycles. The van der Waals surface area contributed by atoms with Gasteiger partial charge in [0.1, 0.15) is 11.8 Å². The van der Waals surface area contributed by atoms with Crippen molar-refractivity contribution in [1.82, 2.24) is 5.32 Å². The fraction of sp³-hybridized carbons (Fsp3) is 0.269. The lowest BCUT2D eigenvalue weighted by Gasteiger charge is -2.15. The minimum atomic E-state index is -3.89. The number of methoxy groups -OCH3 is 1. The van der Waals surface area contributed by atoms with Crippen LogP contribution in [0.4, 0.5) is 5.69 Å². The zero-order valence-electron chi connectivity index (χ0n) is 20.3. The summed E-state index contributed by atoms with van der Waals surface area (Å²) >= 11 is 1.33. The first-order chi connectivity index (χ1) is 17.6. The highest BCUT2D eigenvalue weighted by atomic mass is 32.2. The van der Waals surface area contributed by atoms with Gasteiger partial charge in [-0.2, -0.15) is 11.8 Å². The molecule has 0 aromatic heterocycles. The molecular formula is C26H26N2O7S2. The van der Waals surface area contributed by atoms with E-state index in [1.165, 1.54) is 22.7 Å². The van der Waals surface area contributed by atoms with E-state index in [-0.39, 0.29) is 16.6 Å². The number of ether oxygens (including phenoxy) is 1. The van der Waals surface area contributed by atoms with Crippen molar-refractivity contribution in [1.29, 1.82) is 0 Å². The highest BCUT2D eigenvalue weighted by molar-refractivity contribution is 7.98. The molecule has 3 aromatic rings. The number of benzene rings is 3. The summed E-state index contributed by atoms with van der Waals surface area (Å²) in [6, 6.07) is 14.2. The van der Waals surface area contributed by atoms with Gasteiger partial charge in [0.2, 0.25) is 5.91 Å². The molecule has 1 heterocycles. The molecule has 11 heteroatoms. The fourth-order valence-corrected chi connectivity index (χ4v) is 6.66. The predicted molar refractivity (Wildman–Crippen MR) is 142 cm³/mol. The highest BCUT2D eigenvalue weighted by Crippen LogP contribution is 2.39. The van der Waals surface area contributed by atoms with Crippen LogP contribution >= 0.6 is 11.8 Å². The maximum absolute atomic E-state index is 13.1. The van der Waals surface area contributed by atoms with Crippen molar-refractivity contribution in [2.45, 2.75) is 23.1 Å². The number of anilines is 1. The Balaban J connectivity index is 1.39. The molecule has 0 radical (unpaired) electrons. The molecule has 1 unspecified atom stereocenters.